The van der Waals surface area contributed by atoms with Crippen molar-refractivity contribution in [3.63, 3.8) is 0 Å². The zero-order valence-corrected chi connectivity index (χ0v) is 26.5. The van der Waals surface area contributed by atoms with Crippen LogP contribution in [0.4, 0.5) is 10.1 Å². The molecule has 47 heavy (non-hydrogen) atoms. The standard InChI is InChI=1S/C38H39FN8/c1-24(26-8-2-3-9-26)42-31-20-29(22-40-23-31)27-10-11-33-32(21-27)36(46-45-33)38-43-34-12-13-41-35(37(34)44-38)28-17-25(18-30(39)19-28)7-6-16-47-14-4-5-15-47/h10-13,17-23,26,42H,1-9,14-16H2,(H,43,44)(H,45,46). The number of benzene rings is 2. The van der Waals surface area contributed by atoms with Crippen molar-refractivity contribution in [1.82, 2.24) is 35.0 Å². The fraction of sp³-hybridized carbons (Fsp3) is 0.316. The summed E-state index contributed by atoms with van der Waals surface area (Å²) in [6.45, 7) is 7.70. The molecule has 1 aliphatic carbocycles. The predicted octanol–water partition coefficient (Wildman–Crippen LogP) is 8.51. The molecule has 0 unspecified atom stereocenters. The van der Waals surface area contributed by atoms with Gasteiger partial charge in [-0.05, 0) is 118 Å². The molecule has 1 saturated heterocycles. The quantitative estimate of drug-likeness (QED) is 0.141. The van der Waals surface area contributed by atoms with E-state index in [0.29, 0.717) is 28.6 Å². The minimum Gasteiger partial charge on any atom is -0.358 e. The van der Waals surface area contributed by atoms with E-state index in [1.165, 1.54) is 51.6 Å². The van der Waals surface area contributed by atoms with E-state index in [2.05, 4.69) is 66.2 Å². The number of allylic oxidation sites excluding steroid dienone is 1. The SMILES string of the molecule is C=C(Nc1cncc(-c2ccc3[nH]nc(-c4nc5c(-c6cc(F)cc(CCCN7CCCC7)c6)nccc5[nH]4)c3c2)c1)C1CCCC1. The number of halogens is 1. The number of aromatic nitrogens is 6. The summed E-state index contributed by atoms with van der Waals surface area (Å²) >= 11 is 0. The first-order chi connectivity index (χ1) is 23.1. The lowest BCUT2D eigenvalue weighted by Gasteiger charge is -2.16. The first-order valence-electron chi connectivity index (χ1n) is 16.8. The maximum atomic E-state index is 14.9. The van der Waals surface area contributed by atoms with Gasteiger partial charge in [0, 0.05) is 34.6 Å². The van der Waals surface area contributed by atoms with Gasteiger partial charge in [-0.15, -0.1) is 0 Å². The summed E-state index contributed by atoms with van der Waals surface area (Å²) in [4.78, 5) is 20.1. The average molecular weight is 627 g/mol. The van der Waals surface area contributed by atoms with E-state index < -0.39 is 0 Å². The molecule has 2 fully saturated rings. The van der Waals surface area contributed by atoms with E-state index in [-0.39, 0.29) is 5.82 Å². The molecule has 0 bridgehead atoms. The lowest BCUT2D eigenvalue weighted by molar-refractivity contribution is 0.334. The zero-order valence-electron chi connectivity index (χ0n) is 26.5. The first-order valence-corrected chi connectivity index (χ1v) is 16.8. The van der Waals surface area contributed by atoms with Gasteiger partial charge < -0.3 is 15.2 Å². The smallest absolute Gasteiger partial charge is 0.159 e. The van der Waals surface area contributed by atoms with E-state index in [1.807, 2.05) is 24.5 Å². The van der Waals surface area contributed by atoms with Crippen molar-refractivity contribution in [2.75, 3.05) is 25.0 Å². The molecule has 1 aliphatic heterocycles. The molecule has 3 N–H and O–H groups in total. The minimum atomic E-state index is -0.254. The Morgan fingerprint density at radius 3 is 2.66 bits per heavy atom. The number of anilines is 1. The summed E-state index contributed by atoms with van der Waals surface area (Å²) in [6.07, 6.45) is 14.8. The molecule has 0 radical (unpaired) electrons. The summed E-state index contributed by atoms with van der Waals surface area (Å²) in [5.41, 5.74) is 9.53. The molecule has 6 aromatic rings. The number of likely N-dealkylation sites (tertiary alicyclic amines) is 1. The van der Waals surface area contributed by atoms with Crippen molar-refractivity contribution in [2.45, 2.75) is 51.4 Å². The molecule has 5 heterocycles. The van der Waals surface area contributed by atoms with Gasteiger partial charge in [0.25, 0.3) is 0 Å². The van der Waals surface area contributed by atoms with E-state index in [0.717, 1.165) is 69.4 Å². The van der Waals surface area contributed by atoms with Crippen molar-refractivity contribution in [1.29, 1.82) is 0 Å². The van der Waals surface area contributed by atoms with Gasteiger partial charge in [0.1, 0.15) is 17.0 Å². The Labute approximate surface area is 273 Å². The zero-order chi connectivity index (χ0) is 31.7. The third-order valence-electron chi connectivity index (χ3n) is 9.78. The van der Waals surface area contributed by atoms with Crippen LogP contribution in [-0.4, -0.2) is 54.7 Å². The summed E-state index contributed by atoms with van der Waals surface area (Å²) < 4.78 is 14.9. The van der Waals surface area contributed by atoms with Crippen LogP contribution in [0.5, 0.6) is 0 Å². The topological polar surface area (TPSA) is 98.4 Å². The molecule has 9 heteroatoms. The van der Waals surface area contributed by atoms with Gasteiger partial charge in [-0.2, -0.15) is 5.10 Å². The summed E-state index contributed by atoms with van der Waals surface area (Å²) in [6, 6.07) is 15.5. The molecule has 0 spiro atoms. The fourth-order valence-electron chi connectivity index (χ4n) is 7.31. The Hall–Kier alpha value is -4.89. The van der Waals surface area contributed by atoms with E-state index in [1.54, 1.807) is 18.3 Å². The lowest BCUT2D eigenvalue weighted by atomic mass is 10.0. The largest absolute Gasteiger partial charge is 0.358 e. The average Bonchev–Trinajstić information content (AvgIpc) is 3.91. The van der Waals surface area contributed by atoms with Gasteiger partial charge in [-0.1, -0.05) is 25.5 Å². The third-order valence-corrected chi connectivity index (χ3v) is 9.78. The molecule has 0 amide bonds. The van der Waals surface area contributed by atoms with Gasteiger partial charge in [0.2, 0.25) is 0 Å². The van der Waals surface area contributed by atoms with Crippen molar-refractivity contribution >= 4 is 27.6 Å². The molecule has 8 rings (SSSR count). The molecule has 0 atom stereocenters. The normalized spacial score (nSPS) is 15.7. The molecule has 8 nitrogen and oxygen atoms in total. The number of nitrogens with zero attached hydrogens (tertiary/aromatic N) is 5. The highest BCUT2D eigenvalue weighted by Crippen LogP contribution is 2.34. The molecule has 238 valence electrons. The highest BCUT2D eigenvalue weighted by molar-refractivity contribution is 5.97. The number of H-pyrrole nitrogens is 2. The van der Waals surface area contributed by atoms with Crippen LogP contribution >= 0.6 is 0 Å². The van der Waals surface area contributed by atoms with Crippen LogP contribution in [0, 0.1) is 11.7 Å². The maximum absolute atomic E-state index is 14.9. The Morgan fingerprint density at radius 1 is 0.915 bits per heavy atom. The van der Waals surface area contributed by atoms with Crippen LogP contribution in [0.3, 0.4) is 0 Å². The van der Waals surface area contributed by atoms with Crippen LogP contribution in [0.1, 0.15) is 50.5 Å². The molecular weight excluding hydrogens is 587 g/mol. The number of rotatable bonds is 10. The highest BCUT2D eigenvalue weighted by Gasteiger charge is 2.20. The Kier molecular flexibility index (Phi) is 7.99. The van der Waals surface area contributed by atoms with Gasteiger partial charge >= 0.3 is 0 Å². The number of imidazole rings is 1. The minimum absolute atomic E-state index is 0.254. The van der Waals surface area contributed by atoms with Crippen LogP contribution in [0.25, 0.3) is 55.8 Å². The van der Waals surface area contributed by atoms with E-state index in [4.69, 9.17) is 4.98 Å². The molecule has 2 aromatic carbocycles. The van der Waals surface area contributed by atoms with E-state index in [9.17, 15) is 4.39 Å². The Balaban J connectivity index is 1.08. The van der Waals surface area contributed by atoms with Gasteiger partial charge in [-0.25, -0.2) is 9.37 Å². The van der Waals surface area contributed by atoms with Crippen LogP contribution in [0.15, 0.2) is 79.4 Å². The van der Waals surface area contributed by atoms with E-state index >= 15 is 0 Å². The monoisotopic (exact) mass is 626 g/mol. The number of fused-ring (bicyclic) bond motifs is 2. The number of aromatic amines is 2. The van der Waals surface area contributed by atoms with Crippen LogP contribution in [-0.2, 0) is 6.42 Å². The highest BCUT2D eigenvalue weighted by atomic mass is 19.1. The Bertz CT molecular complexity index is 2070. The van der Waals surface area contributed by atoms with Crippen LogP contribution < -0.4 is 5.32 Å². The number of aryl methyl sites for hydroxylation is 1. The van der Waals surface area contributed by atoms with Crippen molar-refractivity contribution in [3.8, 4) is 33.9 Å². The van der Waals surface area contributed by atoms with Gasteiger partial charge in [0.05, 0.1) is 28.6 Å². The second-order valence-corrected chi connectivity index (χ2v) is 13.1. The summed E-state index contributed by atoms with van der Waals surface area (Å²) in [7, 11) is 0. The molecule has 4 aromatic heterocycles. The molecule has 2 aliphatic rings. The van der Waals surface area contributed by atoms with Crippen molar-refractivity contribution in [2.24, 2.45) is 5.92 Å². The van der Waals surface area contributed by atoms with Gasteiger partial charge in [-0.3, -0.25) is 15.1 Å². The number of nitrogens with one attached hydrogen (secondary N) is 3. The molecule has 1 saturated carbocycles. The fourth-order valence-corrected chi connectivity index (χ4v) is 7.31. The second-order valence-electron chi connectivity index (χ2n) is 13.1. The maximum Gasteiger partial charge on any atom is 0.159 e. The van der Waals surface area contributed by atoms with Gasteiger partial charge in [0.15, 0.2) is 5.82 Å². The number of hydrogen-bond acceptors (Lipinski definition) is 6. The Morgan fingerprint density at radius 2 is 1.79 bits per heavy atom. The lowest BCUT2D eigenvalue weighted by Crippen LogP contribution is -2.20. The van der Waals surface area contributed by atoms with Crippen LogP contribution in [0.2, 0.25) is 0 Å². The summed E-state index contributed by atoms with van der Waals surface area (Å²) in [5.74, 6) is 0.896. The summed E-state index contributed by atoms with van der Waals surface area (Å²) in [5, 5.41) is 12.3. The number of pyridine rings is 2. The predicted molar refractivity (Wildman–Crippen MR) is 186 cm³/mol. The van der Waals surface area contributed by atoms with Crippen molar-refractivity contribution in [3.05, 3.63) is 90.8 Å². The van der Waals surface area contributed by atoms with Crippen molar-refractivity contribution < 1.29 is 4.39 Å². The third kappa shape index (κ3) is 6.15. The first kappa shape index (κ1) is 29.5. The second kappa shape index (κ2) is 12.7. The molecular formula is C38H39FN8. The number of hydrogen-bond donors (Lipinski definition) is 3.